The maximum Gasteiger partial charge on any atom is 0.323 e. The van der Waals surface area contributed by atoms with Gasteiger partial charge in [0, 0.05) is 6.54 Å². The molecule has 0 bridgehead atoms. The number of rotatable bonds is 5. The molecule has 0 amide bonds. The van der Waals surface area contributed by atoms with E-state index >= 15 is 0 Å². The Balaban J connectivity index is 2.73. The molecular formula is C13H16N2O2. The van der Waals surface area contributed by atoms with Crippen LogP contribution in [0.5, 0.6) is 0 Å². The maximum atomic E-state index is 11.1. The number of hydrogen-bond acceptors (Lipinski definition) is 3. The number of hydrogen-bond donors (Lipinski definition) is 2. The molecule has 1 aromatic carbocycles. The van der Waals surface area contributed by atoms with E-state index in [0.29, 0.717) is 18.5 Å². The number of benzene rings is 1. The first-order valence-corrected chi connectivity index (χ1v) is 5.49. The molecule has 0 aliphatic rings. The molecule has 4 nitrogen and oxygen atoms in total. The van der Waals surface area contributed by atoms with Gasteiger partial charge in [-0.3, -0.25) is 10.1 Å². The van der Waals surface area contributed by atoms with Gasteiger partial charge in [-0.2, -0.15) is 5.26 Å². The minimum Gasteiger partial charge on any atom is -0.480 e. The van der Waals surface area contributed by atoms with E-state index in [1.165, 1.54) is 0 Å². The third kappa shape index (κ3) is 3.30. The highest BCUT2D eigenvalue weighted by molar-refractivity contribution is 5.78. The van der Waals surface area contributed by atoms with Crippen molar-refractivity contribution < 1.29 is 9.90 Å². The first kappa shape index (κ1) is 13.2. The van der Waals surface area contributed by atoms with Crippen LogP contribution >= 0.6 is 0 Å². The van der Waals surface area contributed by atoms with Gasteiger partial charge in [0.2, 0.25) is 0 Å². The van der Waals surface area contributed by atoms with E-state index < -0.39 is 11.5 Å². The standard InChI is InChI=1S/C13H16N2O2/c1-3-13(2,12(16)17)15-9-11-6-4-5-10(7-11)8-14/h4-7,15H,3,9H2,1-2H3,(H,16,17). The summed E-state index contributed by atoms with van der Waals surface area (Å²) in [7, 11) is 0. The summed E-state index contributed by atoms with van der Waals surface area (Å²) in [6.07, 6.45) is 0.500. The summed E-state index contributed by atoms with van der Waals surface area (Å²) in [6.45, 7) is 3.92. The van der Waals surface area contributed by atoms with Gasteiger partial charge in [0.05, 0.1) is 11.6 Å². The number of nitrogens with one attached hydrogen (secondary N) is 1. The Morgan fingerprint density at radius 3 is 2.82 bits per heavy atom. The van der Waals surface area contributed by atoms with Gasteiger partial charge in [0.15, 0.2) is 0 Å². The molecule has 0 aromatic heterocycles. The second-order valence-corrected chi connectivity index (χ2v) is 4.16. The molecule has 1 atom stereocenters. The van der Waals surface area contributed by atoms with Crippen molar-refractivity contribution in [1.82, 2.24) is 5.32 Å². The minimum absolute atomic E-state index is 0.437. The summed E-state index contributed by atoms with van der Waals surface area (Å²) < 4.78 is 0. The lowest BCUT2D eigenvalue weighted by molar-refractivity contribution is -0.144. The van der Waals surface area contributed by atoms with Crippen LogP contribution in [0.2, 0.25) is 0 Å². The summed E-state index contributed by atoms with van der Waals surface area (Å²) in [4.78, 5) is 11.1. The van der Waals surface area contributed by atoms with Crippen molar-refractivity contribution in [1.29, 1.82) is 5.26 Å². The summed E-state index contributed by atoms with van der Waals surface area (Å²) in [6, 6.07) is 9.19. The van der Waals surface area contributed by atoms with E-state index in [1.54, 1.807) is 25.1 Å². The van der Waals surface area contributed by atoms with Crippen molar-refractivity contribution in [3.8, 4) is 6.07 Å². The Hall–Kier alpha value is -1.86. The number of nitriles is 1. The zero-order chi connectivity index (χ0) is 12.9. The van der Waals surface area contributed by atoms with Crippen LogP contribution in [-0.4, -0.2) is 16.6 Å². The lowest BCUT2D eigenvalue weighted by Gasteiger charge is -2.24. The monoisotopic (exact) mass is 232 g/mol. The van der Waals surface area contributed by atoms with Crippen molar-refractivity contribution in [3.63, 3.8) is 0 Å². The predicted molar refractivity (Wildman–Crippen MR) is 64.3 cm³/mol. The molecular weight excluding hydrogens is 216 g/mol. The number of carbonyl (C=O) groups is 1. The Kier molecular flexibility index (Phi) is 4.24. The first-order chi connectivity index (χ1) is 8.01. The summed E-state index contributed by atoms with van der Waals surface area (Å²) in [5.74, 6) is -0.864. The van der Waals surface area contributed by atoms with Crippen LogP contribution in [0.15, 0.2) is 24.3 Å². The van der Waals surface area contributed by atoms with Gasteiger partial charge in [0.25, 0.3) is 0 Å². The molecule has 1 aromatic rings. The van der Waals surface area contributed by atoms with E-state index in [2.05, 4.69) is 11.4 Å². The van der Waals surface area contributed by atoms with E-state index in [4.69, 9.17) is 10.4 Å². The summed E-state index contributed by atoms with van der Waals surface area (Å²) in [5, 5.41) is 20.9. The molecule has 1 rings (SSSR count). The van der Waals surface area contributed by atoms with Gasteiger partial charge in [-0.25, -0.2) is 0 Å². The van der Waals surface area contributed by atoms with Gasteiger partial charge < -0.3 is 5.11 Å². The third-order valence-corrected chi connectivity index (χ3v) is 2.92. The van der Waals surface area contributed by atoms with Gasteiger partial charge in [0.1, 0.15) is 5.54 Å². The fourth-order valence-corrected chi connectivity index (χ4v) is 1.40. The molecule has 0 aliphatic carbocycles. The zero-order valence-electron chi connectivity index (χ0n) is 10.0. The van der Waals surface area contributed by atoms with Crippen molar-refractivity contribution in [2.45, 2.75) is 32.4 Å². The molecule has 90 valence electrons. The van der Waals surface area contributed by atoms with Crippen LogP contribution in [0, 0.1) is 11.3 Å². The van der Waals surface area contributed by atoms with Crippen molar-refractivity contribution in [3.05, 3.63) is 35.4 Å². The zero-order valence-corrected chi connectivity index (χ0v) is 10.0. The minimum atomic E-state index is -0.928. The molecule has 4 heteroatoms. The molecule has 0 aliphatic heterocycles. The van der Waals surface area contributed by atoms with E-state index in [-0.39, 0.29) is 0 Å². The largest absolute Gasteiger partial charge is 0.480 e. The molecule has 2 N–H and O–H groups in total. The van der Waals surface area contributed by atoms with Gasteiger partial charge in [-0.05, 0) is 31.0 Å². The van der Waals surface area contributed by atoms with Gasteiger partial charge >= 0.3 is 5.97 Å². The third-order valence-electron chi connectivity index (χ3n) is 2.92. The molecule has 0 saturated heterocycles. The number of carboxylic acids is 1. The second-order valence-electron chi connectivity index (χ2n) is 4.16. The SMILES string of the molecule is CCC(C)(NCc1cccc(C#N)c1)C(=O)O. The highest BCUT2D eigenvalue weighted by Crippen LogP contribution is 2.11. The predicted octanol–water partition coefficient (Wildman–Crippen LogP) is 1.90. The number of carboxylic acid groups (broad SMARTS) is 1. The summed E-state index contributed by atoms with van der Waals surface area (Å²) in [5.41, 5.74) is 0.561. The molecule has 0 fully saturated rings. The van der Waals surface area contributed by atoms with E-state index in [9.17, 15) is 4.79 Å². The fourth-order valence-electron chi connectivity index (χ4n) is 1.40. The average molecular weight is 232 g/mol. The van der Waals surface area contributed by atoms with Crippen molar-refractivity contribution >= 4 is 5.97 Å². The molecule has 0 spiro atoms. The lowest BCUT2D eigenvalue weighted by Crippen LogP contribution is -2.48. The smallest absolute Gasteiger partial charge is 0.323 e. The average Bonchev–Trinajstić information content (AvgIpc) is 2.36. The molecule has 0 radical (unpaired) electrons. The Labute approximate surface area is 101 Å². The highest BCUT2D eigenvalue weighted by atomic mass is 16.4. The van der Waals surface area contributed by atoms with Crippen LogP contribution < -0.4 is 5.32 Å². The maximum absolute atomic E-state index is 11.1. The van der Waals surface area contributed by atoms with E-state index in [1.807, 2.05) is 13.0 Å². The fraction of sp³-hybridized carbons (Fsp3) is 0.385. The summed E-state index contributed by atoms with van der Waals surface area (Å²) >= 11 is 0. The Morgan fingerprint density at radius 2 is 2.29 bits per heavy atom. The van der Waals surface area contributed by atoms with Gasteiger partial charge in [-0.1, -0.05) is 19.1 Å². The van der Waals surface area contributed by atoms with Crippen LogP contribution in [0.3, 0.4) is 0 Å². The normalized spacial score (nSPS) is 13.7. The quantitative estimate of drug-likeness (QED) is 0.813. The topological polar surface area (TPSA) is 73.1 Å². The van der Waals surface area contributed by atoms with E-state index in [0.717, 1.165) is 5.56 Å². The molecule has 0 heterocycles. The highest BCUT2D eigenvalue weighted by Gasteiger charge is 2.29. The van der Waals surface area contributed by atoms with Crippen molar-refractivity contribution in [2.75, 3.05) is 0 Å². The second kappa shape index (κ2) is 5.46. The molecule has 17 heavy (non-hydrogen) atoms. The Bertz CT molecular complexity index is 451. The van der Waals surface area contributed by atoms with Gasteiger partial charge in [-0.15, -0.1) is 0 Å². The Morgan fingerprint density at radius 1 is 1.59 bits per heavy atom. The molecule has 1 unspecified atom stereocenters. The molecule has 0 saturated carbocycles. The lowest BCUT2D eigenvalue weighted by atomic mass is 9.98. The van der Waals surface area contributed by atoms with Crippen LogP contribution in [0.4, 0.5) is 0 Å². The van der Waals surface area contributed by atoms with Crippen LogP contribution in [0.25, 0.3) is 0 Å². The number of nitrogens with zero attached hydrogens (tertiary/aromatic N) is 1. The van der Waals surface area contributed by atoms with Crippen molar-refractivity contribution in [2.24, 2.45) is 0 Å². The number of aliphatic carboxylic acids is 1. The van der Waals surface area contributed by atoms with Crippen LogP contribution in [-0.2, 0) is 11.3 Å². The first-order valence-electron chi connectivity index (χ1n) is 5.49. The van der Waals surface area contributed by atoms with Crippen LogP contribution in [0.1, 0.15) is 31.4 Å².